The lowest BCUT2D eigenvalue weighted by atomic mass is 9.97. The van der Waals surface area contributed by atoms with Gasteiger partial charge in [-0.15, -0.1) is 0 Å². The van der Waals surface area contributed by atoms with Crippen LogP contribution in [0, 0.1) is 0 Å². The SMILES string of the molecule is CCC(C)c1ccc2nccc(NC)c2c1. The summed E-state index contributed by atoms with van der Waals surface area (Å²) in [6, 6.07) is 8.56. The van der Waals surface area contributed by atoms with Crippen LogP contribution < -0.4 is 5.32 Å². The average molecular weight is 214 g/mol. The Morgan fingerprint density at radius 2 is 2.12 bits per heavy atom. The summed E-state index contributed by atoms with van der Waals surface area (Å²) in [5, 5.41) is 4.43. The lowest BCUT2D eigenvalue weighted by Crippen LogP contribution is -1.94. The van der Waals surface area contributed by atoms with Crippen LogP contribution in [0.25, 0.3) is 10.9 Å². The number of nitrogens with one attached hydrogen (secondary N) is 1. The number of rotatable bonds is 3. The van der Waals surface area contributed by atoms with Crippen LogP contribution in [-0.4, -0.2) is 12.0 Å². The molecule has 2 aromatic rings. The molecular weight excluding hydrogens is 196 g/mol. The molecule has 0 saturated heterocycles. The van der Waals surface area contributed by atoms with Crippen molar-refractivity contribution in [3.05, 3.63) is 36.0 Å². The number of anilines is 1. The molecule has 0 spiro atoms. The van der Waals surface area contributed by atoms with Gasteiger partial charge < -0.3 is 5.32 Å². The predicted molar refractivity (Wildman–Crippen MR) is 70.0 cm³/mol. The van der Waals surface area contributed by atoms with E-state index in [4.69, 9.17) is 0 Å². The molecule has 1 aromatic heterocycles. The molecule has 0 amide bonds. The number of hydrogen-bond donors (Lipinski definition) is 1. The summed E-state index contributed by atoms with van der Waals surface area (Å²) >= 11 is 0. The minimum absolute atomic E-state index is 0.606. The zero-order valence-electron chi connectivity index (χ0n) is 10.1. The molecule has 1 heterocycles. The second-order valence-corrected chi connectivity index (χ2v) is 4.19. The molecule has 1 aromatic carbocycles. The van der Waals surface area contributed by atoms with E-state index >= 15 is 0 Å². The highest BCUT2D eigenvalue weighted by Gasteiger charge is 2.06. The van der Waals surface area contributed by atoms with Gasteiger partial charge in [0.25, 0.3) is 0 Å². The highest BCUT2D eigenvalue weighted by Crippen LogP contribution is 2.26. The predicted octanol–water partition coefficient (Wildman–Crippen LogP) is 3.79. The normalized spacial score (nSPS) is 12.7. The Labute approximate surface area is 96.7 Å². The first-order valence-electron chi connectivity index (χ1n) is 5.82. The summed E-state index contributed by atoms with van der Waals surface area (Å²) in [7, 11) is 1.95. The topological polar surface area (TPSA) is 24.9 Å². The van der Waals surface area contributed by atoms with Crippen LogP contribution in [-0.2, 0) is 0 Å². The van der Waals surface area contributed by atoms with E-state index in [9.17, 15) is 0 Å². The first kappa shape index (κ1) is 10.9. The first-order chi connectivity index (χ1) is 7.76. The molecule has 1 unspecified atom stereocenters. The average Bonchev–Trinajstić information content (AvgIpc) is 2.36. The van der Waals surface area contributed by atoms with Crippen molar-refractivity contribution >= 4 is 16.6 Å². The minimum Gasteiger partial charge on any atom is -0.388 e. The molecule has 1 atom stereocenters. The van der Waals surface area contributed by atoms with Gasteiger partial charge in [-0.2, -0.15) is 0 Å². The molecule has 1 N–H and O–H groups in total. The molecule has 0 aliphatic heterocycles. The van der Waals surface area contributed by atoms with Gasteiger partial charge in [-0.3, -0.25) is 4.98 Å². The van der Waals surface area contributed by atoms with Gasteiger partial charge in [0.1, 0.15) is 0 Å². The van der Waals surface area contributed by atoms with Crippen LogP contribution >= 0.6 is 0 Å². The van der Waals surface area contributed by atoms with E-state index in [1.807, 2.05) is 19.3 Å². The first-order valence-corrected chi connectivity index (χ1v) is 5.82. The monoisotopic (exact) mass is 214 g/mol. The highest BCUT2D eigenvalue weighted by atomic mass is 14.8. The van der Waals surface area contributed by atoms with E-state index in [0.29, 0.717) is 5.92 Å². The lowest BCUT2D eigenvalue weighted by molar-refractivity contribution is 0.734. The van der Waals surface area contributed by atoms with Crippen LogP contribution in [0.5, 0.6) is 0 Å². The quantitative estimate of drug-likeness (QED) is 0.840. The van der Waals surface area contributed by atoms with Crippen molar-refractivity contribution in [1.29, 1.82) is 0 Å². The van der Waals surface area contributed by atoms with Gasteiger partial charge >= 0.3 is 0 Å². The van der Waals surface area contributed by atoms with Crippen LogP contribution in [0.2, 0.25) is 0 Å². The van der Waals surface area contributed by atoms with Gasteiger partial charge in [-0.05, 0) is 36.1 Å². The molecule has 0 radical (unpaired) electrons. The van der Waals surface area contributed by atoms with E-state index in [2.05, 4.69) is 42.3 Å². The molecule has 0 saturated carbocycles. The van der Waals surface area contributed by atoms with Gasteiger partial charge in [-0.1, -0.05) is 19.9 Å². The summed E-state index contributed by atoms with van der Waals surface area (Å²) in [5.41, 5.74) is 3.59. The second-order valence-electron chi connectivity index (χ2n) is 4.19. The molecule has 0 aliphatic rings. The van der Waals surface area contributed by atoms with E-state index < -0.39 is 0 Å². The van der Waals surface area contributed by atoms with Gasteiger partial charge in [0.05, 0.1) is 5.52 Å². The third kappa shape index (κ3) is 1.87. The van der Waals surface area contributed by atoms with E-state index in [1.165, 1.54) is 17.4 Å². The Hall–Kier alpha value is -1.57. The van der Waals surface area contributed by atoms with Crippen molar-refractivity contribution in [3.63, 3.8) is 0 Å². The number of pyridine rings is 1. The maximum absolute atomic E-state index is 4.38. The standard InChI is InChI=1S/C14H18N2/c1-4-10(2)11-5-6-14-12(9-11)13(15-3)7-8-16-14/h5-10H,4H2,1-3H3,(H,15,16). The maximum atomic E-state index is 4.38. The Balaban J connectivity index is 2.59. The van der Waals surface area contributed by atoms with Gasteiger partial charge in [0.2, 0.25) is 0 Å². The molecule has 2 nitrogen and oxygen atoms in total. The van der Waals surface area contributed by atoms with Crippen LogP contribution in [0.1, 0.15) is 31.7 Å². The van der Waals surface area contributed by atoms with Crippen molar-refractivity contribution in [2.45, 2.75) is 26.2 Å². The van der Waals surface area contributed by atoms with Crippen LogP contribution in [0.3, 0.4) is 0 Å². The molecule has 2 rings (SSSR count). The van der Waals surface area contributed by atoms with Crippen molar-refractivity contribution in [1.82, 2.24) is 4.98 Å². The number of hydrogen-bond acceptors (Lipinski definition) is 2. The third-order valence-electron chi connectivity index (χ3n) is 3.22. The second kappa shape index (κ2) is 4.52. The zero-order chi connectivity index (χ0) is 11.5. The summed E-state index contributed by atoms with van der Waals surface area (Å²) in [4.78, 5) is 4.38. The Kier molecular flexibility index (Phi) is 3.09. The molecule has 16 heavy (non-hydrogen) atoms. The summed E-state index contributed by atoms with van der Waals surface area (Å²) < 4.78 is 0. The smallest absolute Gasteiger partial charge is 0.0722 e. The summed E-state index contributed by atoms with van der Waals surface area (Å²) in [6.07, 6.45) is 3.01. The Morgan fingerprint density at radius 1 is 1.31 bits per heavy atom. The van der Waals surface area contributed by atoms with Crippen LogP contribution in [0.15, 0.2) is 30.5 Å². The van der Waals surface area contributed by atoms with Gasteiger partial charge in [0, 0.05) is 24.3 Å². The zero-order valence-corrected chi connectivity index (χ0v) is 10.1. The summed E-state index contributed by atoms with van der Waals surface area (Å²) in [6.45, 7) is 4.48. The Morgan fingerprint density at radius 3 is 2.81 bits per heavy atom. The number of nitrogens with zero attached hydrogens (tertiary/aromatic N) is 1. The van der Waals surface area contributed by atoms with Gasteiger partial charge in [0.15, 0.2) is 0 Å². The summed E-state index contributed by atoms with van der Waals surface area (Å²) in [5.74, 6) is 0.606. The Bertz CT molecular complexity index is 491. The largest absolute Gasteiger partial charge is 0.388 e. The van der Waals surface area contributed by atoms with Crippen molar-refractivity contribution in [2.24, 2.45) is 0 Å². The molecule has 0 bridgehead atoms. The lowest BCUT2D eigenvalue weighted by Gasteiger charge is -2.11. The number of aromatic nitrogens is 1. The van der Waals surface area contributed by atoms with Crippen molar-refractivity contribution in [2.75, 3.05) is 12.4 Å². The fourth-order valence-corrected chi connectivity index (χ4v) is 1.92. The molecule has 2 heteroatoms. The number of fused-ring (bicyclic) bond motifs is 1. The fraction of sp³-hybridized carbons (Fsp3) is 0.357. The number of benzene rings is 1. The molecular formula is C14H18N2. The minimum atomic E-state index is 0.606. The molecule has 84 valence electrons. The third-order valence-corrected chi connectivity index (χ3v) is 3.22. The van der Waals surface area contributed by atoms with Crippen molar-refractivity contribution < 1.29 is 0 Å². The van der Waals surface area contributed by atoms with Crippen molar-refractivity contribution in [3.8, 4) is 0 Å². The van der Waals surface area contributed by atoms with Crippen LogP contribution in [0.4, 0.5) is 5.69 Å². The van der Waals surface area contributed by atoms with E-state index in [1.54, 1.807) is 0 Å². The molecule has 0 aliphatic carbocycles. The molecule has 0 fully saturated rings. The maximum Gasteiger partial charge on any atom is 0.0722 e. The van der Waals surface area contributed by atoms with Gasteiger partial charge in [-0.25, -0.2) is 0 Å². The van der Waals surface area contributed by atoms with E-state index in [0.717, 1.165) is 11.2 Å². The highest BCUT2D eigenvalue weighted by molar-refractivity contribution is 5.91. The fourth-order valence-electron chi connectivity index (χ4n) is 1.92. The van der Waals surface area contributed by atoms with E-state index in [-0.39, 0.29) is 0 Å².